The molecule has 1 N–H and O–H groups in total. The van der Waals surface area contributed by atoms with Crippen molar-refractivity contribution in [1.82, 2.24) is 10.3 Å². The Hall–Kier alpha value is -1.13. The van der Waals surface area contributed by atoms with Crippen molar-refractivity contribution >= 4 is 5.82 Å². The lowest BCUT2D eigenvalue weighted by molar-refractivity contribution is 0.152. The van der Waals surface area contributed by atoms with E-state index in [-0.39, 0.29) is 0 Å². The lowest BCUT2D eigenvalue weighted by Crippen LogP contribution is -2.27. The van der Waals surface area contributed by atoms with Crippen LogP contribution in [0.3, 0.4) is 0 Å². The number of nitrogens with one attached hydrogen (secondary N) is 1. The zero-order valence-electron chi connectivity index (χ0n) is 12.1. The average molecular weight is 263 g/mol. The van der Waals surface area contributed by atoms with Crippen LogP contribution in [0.2, 0.25) is 0 Å². The van der Waals surface area contributed by atoms with Crippen LogP contribution in [0.1, 0.15) is 25.8 Å². The topological polar surface area (TPSA) is 37.4 Å². The molecule has 0 radical (unpaired) electrons. The van der Waals surface area contributed by atoms with Crippen molar-refractivity contribution in [3.05, 3.63) is 23.9 Å². The molecule has 4 heteroatoms. The summed E-state index contributed by atoms with van der Waals surface area (Å²) in [6, 6.07) is 4.28. The van der Waals surface area contributed by atoms with Gasteiger partial charge >= 0.3 is 0 Å². The van der Waals surface area contributed by atoms with Gasteiger partial charge in [0, 0.05) is 32.4 Å². The van der Waals surface area contributed by atoms with Crippen molar-refractivity contribution < 1.29 is 4.74 Å². The van der Waals surface area contributed by atoms with Crippen molar-refractivity contribution in [1.29, 1.82) is 0 Å². The van der Waals surface area contributed by atoms with E-state index in [0.29, 0.717) is 5.92 Å². The molecule has 1 saturated heterocycles. The first-order chi connectivity index (χ1) is 9.25. The van der Waals surface area contributed by atoms with Crippen molar-refractivity contribution in [3.63, 3.8) is 0 Å². The van der Waals surface area contributed by atoms with E-state index in [1.54, 1.807) is 0 Å². The van der Waals surface area contributed by atoms with E-state index < -0.39 is 0 Å². The van der Waals surface area contributed by atoms with Gasteiger partial charge in [0.1, 0.15) is 5.82 Å². The van der Waals surface area contributed by atoms with Crippen molar-refractivity contribution in [2.24, 2.45) is 5.92 Å². The summed E-state index contributed by atoms with van der Waals surface area (Å²) in [5.74, 6) is 1.76. The Morgan fingerprint density at radius 3 is 3.11 bits per heavy atom. The van der Waals surface area contributed by atoms with E-state index in [9.17, 15) is 0 Å². The molecule has 0 bridgehead atoms. The van der Waals surface area contributed by atoms with Gasteiger partial charge in [-0.25, -0.2) is 4.98 Å². The Morgan fingerprint density at radius 1 is 1.37 bits per heavy atom. The Balaban J connectivity index is 1.93. The molecule has 2 rings (SSSR count). The van der Waals surface area contributed by atoms with Crippen molar-refractivity contribution in [2.45, 2.75) is 26.8 Å². The van der Waals surface area contributed by atoms with Crippen LogP contribution in [0.15, 0.2) is 18.3 Å². The highest BCUT2D eigenvalue weighted by Gasteiger charge is 2.11. The van der Waals surface area contributed by atoms with Crippen LogP contribution in [0.5, 0.6) is 0 Å². The second kappa shape index (κ2) is 7.46. The minimum Gasteiger partial charge on any atom is -0.380 e. The number of hydrogen-bond donors (Lipinski definition) is 1. The second-order valence-corrected chi connectivity index (χ2v) is 5.50. The fourth-order valence-electron chi connectivity index (χ4n) is 2.22. The molecule has 2 heterocycles. The molecule has 0 atom stereocenters. The summed E-state index contributed by atoms with van der Waals surface area (Å²) in [6.07, 6.45) is 2.99. The number of rotatable bonds is 5. The van der Waals surface area contributed by atoms with E-state index in [1.165, 1.54) is 5.56 Å². The number of ether oxygens (including phenoxy) is 1. The maximum atomic E-state index is 5.49. The Kier molecular flexibility index (Phi) is 5.61. The van der Waals surface area contributed by atoms with Crippen LogP contribution in [-0.2, 0) is 11.3 Å². The van der Waals surface area contributed by atoms with E-state index in [0.717, 1.165) is 51.6 Å². The molecule has 0 amide bonds. The smallest absolute Gasteiger partial charge is 0.128 e. The van der Waals surface area contributed by atoms with Crippen LogP contribution >= 0.6 is 0 Å². The molecule has 0 aromatic carbocycles. The molecule has 1 fully saturated rings. The summed E-state index contributed by atoms with van der Waals surface area (Å²) >= 11 is 0. The number of nitrogens with zero attached hydrogens (tertiary/aromatic N) is 2. The summed E-state index contributed by atoms with van der Waals surface area (Å²) in [5.41, 5.74) is 1.30. The third-order valence-electron chi connectivity index (χ3n) is 3.24. The van der Waals surface area contributed by atoms with E-state index >= 15 is 0 Å². The number of anilines is 1. The number of aromatic nitrogens is 1. The molecular weight excluding hydrogens is 238 g/mol. The van der Waals surface area contributed by atoms with Gasteiger partial charge in [0.2, 0.25) is 0 Å². The second-order valence-electron chi connectivity index (χ2n) is 5.50. The summed E-state index contributed by atoms with van der Waals surface area (Å²) in [6.45, 7) is 10.1. The van der Waals surface area contributed by atoms with Crippen LogP contribution in [0.25, 0.3) is 0 Å². The monoisotopic (exact) mass is 263 g/mol. The first-order valence-corrected chi connectivity index (χ1v) is 7.24. The van der Waals surface area contributed by atoms with Gasteiger partial charge in [0.25, 0.3) is 0 Å². The minimum atomic E-state index is 0.684. The molecule has 0 spiro atoms. The minimum absolute atomic E-state index is 0.684. The molecule has 1 aromatic heterocycles. The molecule has 4 nitrogen and oxygen atoms in total. The zero-order valence-corrected chi connectivity index (χ0v) is 12.1. The van der Waals surface area contributed by atoms with E-state index in [2.05, 4.69) is 41.2 Å². The SMILES string of the molecule is CC(C)CNCc1ccnc(N2CCCOCC2)c1. The zero-order chi connectivity index (χ0) is 13.5. The highest BCUT2D eigenvalue weighted by atomic mass is 16.5. The quantitative estimate of drug-likeness (QED) is 0.882. The summed E-state index contributed by atoms with van der Waals surface area (Å²) in [7, 11) is 0. The predicted octanol–water partition coefficient (Wildman–Crippen LogP) is 2.05. The normalized spacial score (nSPS) is 16.7. The molecule has 1 aliphatic heterocycles. The van der Waals surface area contributed by atoms with Gasteiger partial charge in [-0.3, -0.25) is 0 Å². The lowest BCUT2D eigenvalue weighted by Gasteiger charge is -2.21. The fraction of sp³-hybridized carbons (Fsp3) is 0.667. The standard InChI is InChI=1S/C15H25N3O/c1-13(2)11-16-12-14-4-5-17-15(10-14)18-6-3-8-19-9-7-18/h4-5,10,13,16H,3,6-9,11-12H2,1-2H3. The van der Waals surface area contributed by atoms with Gasteiger partial charge in [-0.05, 0) is 36.6 Å². The molecule has 1 aliphatic rings. The van der Waals surface area contributed by atoms with Gasteiger partial charge in [0.15, 0.2) is 0 Å². The van der Waals surface area contributed by atoms with Gasteiger partial charge in [0.05, 0.1) is 6.61 Å². The molecule has 0 unspecified atom stereocenters. The summed E-state index contributed by atoms with van der Waals surface area (Å²) in [4.78, 5) is 6.81. The van der Waals surface area contributed by atoms with Gasteiger partial charge in [-0.2, -0.15) is 0 Å². The largest absolute Gasteiger partial charge is 0.380 e. The Bertz CT molecular complexity index is 373. The first kappa shape index (κ1) is 14.3. The molecule has 1 aromatic rings. The molecule has 106 valence electrons. The average Bonchev–Trinajstić information content (AvgIpc) is 2.67. The Labute approximate surface area is 116 Å². The third-order valence-corrected chi connectivity index (χ3v) is 3.24. The molecule has 0 aliphatic carbocycles. The lowest BCUT2D eigenvalue weighted by atomic mass is 10.2. The van der Waals surface area contributed by atoms with Crippen LogP contribution < -0.4 is 10.2 Å². The van der Waals surface area contributed by atoms with Gasteiger partial charge < -0.3 is 15.0 Å². The Morgan fingerprint density at radius 2 is 2.26 bits per heavy atom. The van der Waals surface area contributed by atoms with Crippen molar-refractivity contribution in [3.8, 4) is 0 Å². The molecule has 19 heavy (non-hydrogen) atoms. The van der Waals surface area contributed by atoms with Crippen molar-refractivity contribution in [2.75, 3.05) is 37.7 Å². The number of pyridine rings is 1. The maximum Gasteiger partial charge on any atom is 0.128 e. The van der Waals surface area contributed by atoms with Gasteiger partial charge in [-0.1, -0.05) is 13.8 Å². The highest BCUT2D eigenvalue weighted by molar-refractivity contribution is 5.41. The summed E-state index contributed by atoms with van der Waals surface area (Å²) < 4.78 is 5.49. The summed E-state index contributed by atoms with van der Waals surface area (Å²) in [5, 5.41) is 3.47. The predicted molar refractivity (Wildman–Crippen MR) is 78.4 cm³/mol. The number of hydrogen-bond acceptors (Lipinski definition) is 4. The van der Waals surface area contributed by atoms with E-state index in [1.807, 2.05) is 6.20 Å². The van der Waals surface area contributed by atoms with Crippen LogP contribution in [0, 0.1) is 5.92 Å². The molecule has 0 saturated carbocycles. The molecular formula is C15H25N3O. The van der Waals surface area contributed by atoms with Crippen LogP contribution in [0.4, 0.5) is 5.82 Å². The van der Waals surface area contributed by atoms with Gasteiger partial charge in [-0.15, -0.1) is 0 Å². The van der Waals surface area contributed by atoms with Crippen LogP contribution in [-0.4, -0.2) is 37.8 Å². The van der Waals surface area contributed by atoms with E-state index in [4.69, 9.17) is 4.74 Å². The fourth-order valence-corrected chi connectivity index (χ4v) is 2.22. The third kappa shape index (κ3) is 4.80. The highest BCUT2D eigenvalue weighted by Crippen LogP contribution is 2.14. The maximum absolute atomic E-state index is 5.49. The first-order valence-electron chi connectivity index (χ1n) is 7.24.